The number of rotatable bonds is 4. The smallest absolute Gasteiger partial charge is 0.142 e. The molecular weight excluding hydrogens is 214 g/mol. The zero-order valence-corrected chi connectivity index (χ0v) is 11.2. The van der Waals surface area contributed by atoms with Crippen LogP contribution in [0.4, 0.5) is 5.69 Å². The molecule has 1 rings (SSSR count). The Hall–Kier alpha value is -1.22. The Labute approximate surface area is 104 Å². The van der Waals surface area contributed by atoms with Gasteiger partial charge >= 0.3 is 0 Å². The molecule has 1 aromatic carbocycles. The number of methoxy groups -OCH3 is 1. The van der Waals surface area contributed by atoms with E-state index in [0.717, 1.165) is 12.0 Å². The molecule has 0 aromatic heterocycles. The van der Waals surface area contributed by atoms with Gasteiger partial charge in [0.2, 0.25) is 0 Å². The summed E-state index contributed by atoms with van der Waals surface area (Å²) in [6.07, 6.45) is 1.13. The maximum absolute atomic E-state index is 10.1. The first-order valence-corrected chi connectivity index (χ1v) is 5.95. The van der Waals surface area contributed by atoms with E-state index in [0.29, 0.717) is 17.9 Å². The first-order valence-electron chi connectivity index (χ1n) is 5.95. The summed E-state index contributed by atoms with van der Waals surface area (Å²) < 4.78 is 5.15. The summed E-state index contributed by atoms with van der Waals surface area (Å²) in [6.45, 7) is 6.48. The summed E-state index contributed by atoms with van der Waals surface area (Å²) in [7, 11) is 1.58. The molecule has 1 unspecified atom stereocenters. The van der Waals surface area contributed by atoms with Gasteiger partial charge in [0.15, 0.2) is 0 Å². The molecule has 0 saturated heterocycles. The minimum atomic E-state index is -0.524. The summed E-state index contributed by atoms with van der Waals surface area (Å²) in [6, 6.07) is 5.51. The molecule has 17 heavy (non-hydrogen) atoms. The van der Waals surface area contributed by atoms with Gasteiger partial charge in [0.05, 0.1) is 18.9 Å². The van der Waals surface area contributed by atoms with Crippen LogP contribution in [0.25, 0.3) is 0 Å². The molecule has 0 aliphatic rings. The van der Waals surface area contributed by atoms with Gasteiger partial charge in [0, 0.05) is 5.56 Å². The van der Waals surface area contributed by atoms with E-state index in [4.69, 9.17) is 10.5 Å². The van der Waals surface area contributed by atoms with Crippen molar-refractivity contribution in [1.82, 2.24) is 0 Å². The van der Waals surface area contributed by atoms with Gasteiger partial charge in [-0.05, 0) is 24.3 Å². The van der Waals surface area contributed by atoms with Crippen molar-refractivity contribution in [2.45, 2.75) is 39.7 Å². The van der Waals surface area contributed by atoms with E-state index in [1.807, 2.05) is 12.1 Å². The zero-order chi connectivity index (χ0) is 13.1. The van der Waals surface area contributed by atoms with Gasteiger partial charge < -0.3 is 15.6 Å². The van der Waals surface area contributed by atoms with Crippen LogP contribution in [0.1, 0.15) is 45.3 Å². The number of benzene rings is 1. The average Bonchev–Trinajstić information content (AvgIpc) is 2.25. The third-order valence-electron chi connectivity index (χ3n) is 2.85. The molecule has 1 atom stereocenters. The van der Waals surface area contributed by atoms with E-state index in [-0.39, 0.29) is 5.41 Å². The highest BCUT2D eigenvalue weighted by Crippen LogP contribution is 2.33. The summed E-state index contributed by atoms with van der Waals surface area (Å²) in [5.74, 6) is 0.623. The molecule has 0 fully saturated rings. The van der Waals surface area contributed by atoms with Crippen molar-refractivity contribution in [1.29, 1.82) is 0 Å². The molecule has 0 aliphatic carbocycles. The van der Waals surface area contributed by atoms with E-state index in [2.05, 4.69) is 20.8 Å². The number of hydrogen-bond acceptors (Lipinski definition) is 3. The van der Waals surface area contributed by atoms with Gasteiger partial charge in [-0.25, -0.2) is 0 Å². The number of aliphatic hydroxyl groups is 1. The molecule has 0 heterocycles. The van der Waals surface area contributed by atoms with Crippen LogP contribution in [0.2, 0.25) is 0 Å². The highest BCUT2D eigenvalue weighted by Gasteiger charge is 2.17. The summed E-state index contributed by atoms with van der Waals surface area (Å²) >= 11 is 0. The predicted octanol–water partition coefficient (Wildman–Crippen LogP) is 3.14. The van der Waals surface area contributed by atoms with Gasteiger partial charge in [0.25, 0.3) is 0 Å². The molecule has 3 nitrogen and oxygen atoms in total. The minimum Gasteiger partial charge on any atom is -0.495 e. The van der Waals surface area contributed by atoms with Crippen molar-refractivity contribution >= 4 is 5.69 Å². The van der Waals surface area contributed by atoms with Gasteiger partial charge in [-0.1, -0.05) is 32.9 Å². The van der Waals surface area contributed by atoms with Crippen molar-refractivity contribution in [2.24, 2.45) is 5.41 Å². The molecule has 0 spiro atoms. The molecule has 0 radical (unpaired) electrons. The van der Waals surface area contributed by atoms with Crippen molar-refractivity contribution < 1.29 is 9.84 Å². The largest absolute Gasteiger partial charge is 0.495 e. The van der Waals surface area contributed by atoms with E-state index in [1.54, 1.807) is 13.2 Å². The Morgan fingerprint density at radius 1 is 1.35 bits per heavy atom. The van der Waals surface area contributed by atoms with Crippen molar-refractivity contribution in [3.05, 3.63) is 23.8 Å². The Morgan fingerprint density at radius 3 is 2.53 bits per heavy atom. The maximum atomic E-state index is 10.1. The van der Waals surface area contributed by atoms with E-state index < -0.39 is 6.10 Å². The van der Waals surface area contributed by atoms with Crippen LogP contribution >= 0.6 is 0 Å². The molecule has 3 heteroatoms. The molecule has 96 valence electrons. The number of nitrogen functional groups attached to an aromatic ring is 1. The second-order valence-electron chi connectivity index (χ2n) is 5.58. The SMILES string of the molecule is COc1cccc(C(O)CCC(C)(C)C)c1N. The normalized spacial score (nSPS) is 13.5. The number of ether oxygens (including phenoxy) is 1. The Kier molecular flexibility index (Phi) is 4.40. The number of nitrogens with two attached hydrogens (primary N) is 1. The Bertz CT molecular complexity index is 369. The molecule has 0 saturated carbocycles. The zero-order valence-electron chi connectivity index (χ0n) is 11.2. The lowest BCUT2D eigenvalue weighted by atomic mass is 9.88. The monoisotopic (exact) mass is 237 g/mol. The lowest BCUT2D eigenvalue weighted by molar-refractivity contribution is 0.148. The standard InChI is InChI=1S/C14H23NO2/c1-14(2,3)9-8-11(16)10-6-5-7-12(17-4)13(10)15/h5-7,11,16H,8-9,15H2,1-4H3. The first kappa shape index (κ1) is 13.8. The van der Waals surface area contributed by atoms with E-state index >= 15 is 0 Å². The summed E-state index contributed by atoms with van der Waals surface area (Å²) in [4.78, 5) is 0. The lowest BCUT2D eigenvalue weighted by Crippen LogP contribution is -2.09. The quantitative estimate of drug-likeness (QED) is 0.791. The number of aliphatic hydroxyl groups excluding tert-OH is 1. The highest BCUT2D eigenvalue weighted by atomic mass is 16.5. The van der Waals surface area contributed by atoms with Crippen LogP contribution < -0.4 is 10.5 Å². The topological polar surface area (TPSA) is 55.5 Å². The predicted molar refractivity (Wildman–Crippen MR) is 71.1 cm³/mol. The van der Waals surface area contributed by atoms with Crippen molar-refractivity contribution in [3.8, 4) is 5.75 Å². The second-order valence-corrected chi connectivity index (χ2v) is 5.58. The van der Waals surface area contributed by atoms with Gasteiger partial charge in [0.1, 0.15) is 5.75 Å². The van der Waals surface area contributed by atoms with Crippen LogP contribution in [0.15, 0.2) is 18.2 Å². The van der Waals surface area contributed by atoms with Gasteiger partial charge in [-0.3, -0.25) is 0 Å². The molecule has 1 aromatic rings. The molecule has 0 bridgehead atoms. The fourth-order valence-corrected chi connectivity index (χ4v) is 1.75. The van der Waals surface area contributed by atoms with Crippen molar-refractivity contribution in [3.63, 3.8) is 0 Å². The molecule has 0 aliphatic heterocycles. The first-order chi connectivity index (χ1) is 7.85. The molecule has 3 N–H and O–H groups in total. The molecular formula is C14H23NO2. The van der Waals surface area contributed by atoms with Gasteiger partial charge in [-0.15, -0.1) is 0 Å². The molecule has 0 amide bonds. The van der Waals surface area contributed by atoms with Crippen LogP contribution in [0, 0.1) is 5.41 Å². The summed E-state index contributed by atoms with van der Waals surface area (Å²) in [5.41, 5.74) is 7.46. The highest BCUT2D eigenvalue weighted by molar-refractivity contribution is 5.59. The van der Waals surface area contributed by atoms with Crippen LogP contribution in [-0.4, -0.2) is 12.2 Å². The number of anilines is 1. The fraction of sp³-hybridized carbons (Fsp3) is 0.571. The van der Waals surface area contributed by atoms with E-state index in [1.165, 1.54) is 0 Å². The summed E-state index contributed by atoms with van der Waals surface area (Å²) in [5, 5.41) is 10.1. The number of para-hydroxylation sites is 1. The maximum Gasteiger partial charge on any atom is 0.142 e. The van der Waals surface area contributed by atoms with Crippen LogP contribution in [0.5, 0.6) is 5.75 Å². The van der Waals surface area contributed by atoms with Crippen LogP contribution in [0.3, 0.4) is 0 Å². The average molecular weight is 237 g/mol. The third-order valence-corrected chi connectivity index (χ3v) is 2.85. The minimum absolute atomic E-state index is 0.217. The van der Waals surface area contributed by atoms with Gasteiger partial charge in [-0.2, -0.15) is 0 Å². The lowest BCUT2D eigenvalue weighted by Gasteiger charge is -2.21. The fourth-order valence-electron chi connectivity index (χ4n) is 1.75. The number of hydrogen-bond donors (Lipinski definition) is 2. The van der Waals surface area contributed by atoms with E-state index in [9.17, 15) is 5.11 Å². The second kappa shape index (κ2) is 5.41. The van der Waals surface area contributed by atoms with Crippen LogP contribution in [-0.2, 0) is 0 Å². The third kappa shape index (κ3) is 3.93. The van der Waals surface area contributed by atoms with Crippen molar-refractivity contribution in [2.75, 3.05) is 12.8 Å². The Morgan fingerprint density at radius 2 is 2.00 bits per heavy atom. The Balaban J connectivity index is 2.79.